The molecule has 0 saturated carbocycles. The van der Waals surface area contributed by atoms with Gasteiger partial charge in [0.2, 0.25) is 0 Å². The van der Waals surface area contributed by atoms with Crippen molar-refractivity contribution in [3.63, 3.8) is 0 Å². The summed E-state index contributed by atoms with van der Waals surface area (Å²) in [5, 5.41) is 0. The Hall–Kier alpha value is -2.02. The second-order valence-corrected chi connectivity index (χ2v) is 7.25. The normalized spacial score (nSPS) is 13.2. The molecule has 1 N–H and O–H groups in total. The van der Waals surface area contributed by atoms with Crippen molar-refractivity contribution in [3.8, 4) is 0 Å². The summed E-state index contributed by atoms with van der Waals surface area (Å²) in [6.45, 7) is 2.94. The summed E-state index contributed by atoms with van der Waals surface area (Å²) in [7, 11) is -0.0455. The fraction of sp³-hybridized carbons (Fsp3) is 0.350. The van der Waals surface area contributed by atoms with Gasteiger partial charge >= 0.3 is 5.97 Å². The highest BCUT2D eigenvalue weighted by Gasteiger charge is 2.17. The average molecular weight is 375 g/mol. The van der Waals surface area contributed by atoms with Gasteiger partial charge in [-0.25, -0.2) is 8.93 Å². The van der Waals surface area contributed by atoms with E-state index in [2.05, 4.69) is 4.72 Å². The molecule has 2 rings (SSSR count). The number of benzene rings is 2. The minimum Gasteiger partial charge on any atom is -0.469 e. The van der Waals surface area contributed by atoms with Gasteiger partial charge in [0.15, 0.2) is 0 Å². The van der Waals surface area contributed by atoms with Crippen LogP contribution in [0, 0.1) is 6.92 Å². The number of ether oxygens (including phenoxy) is 2. The molecule has 5 nitrogen and oxygen atoms in total. The lowest BCUT2D eigenvalue weighted by Crippen LogP contribution is -2.34. The smallest absolute Gasteiger partial charge is 0.307 e. The van der Waals surface area contributed by atoms with Gasteiger partial charge in [-0.15, -0.1) is 0 Å². The Morgan fingerprint density at radius 2 is 1.81 bits per heavy atom. The Labute approximate surface area is 157 Å². The van der Waals surface area contributed by atoms with Crippen molar-refractivity contribution in [1.29, 1.82) is 0 Å². The maximum atomic E-state index is 12.5. The van der Waals surface area contributed by atoms with Crippen molar-refractivity contribution in [3.05, 3.63) is 65.7 Å². The Balaban J connectivity index is 1.87. The van der Waals surface area contributed by atoms with E-state index in [1.807, 2.05) is 61.5 Å². The summed E-state index contributed by atoms with van der Waals surface area (Å²) in [6, 6.07) is 17.0. The maximum absolute atomic E-state index is 12.5. The SMILES string of the molecule is COC(=O)C[C@H](CCOCc1ccccc1)N[S@@](=O)c1ccc(C)cc1. The summed E-state index contributed by atoms with van der Waals surface area (Å²) < 4.78 is 25.9. The van der Waals surface area contributed by atoms with Gasteiger partial charge in [0, 0.05) is 12.6 Å². The minimum absolute atomic E-state index is 0.142. The molecule has 0 heterocycles. The van der Waals surface area contributed by atoms with Crippen molar-refractivity contribution < 1.29 is 18.5 Å². The first-order valence-corrected chi connectivity index (χ1v) is 9.66. The molecule has 0 aliphatic heterocycles. The molecule has 0 aliphatic carbocycles. The summed E-state index contributed by atoms with van der Waals surface area (Å²) in [4.78, 5) is 12.3. The number of carbonyl (C=O) groups excluding carboxylic acids is 1. The number of methoxy groups -OCH3 is 1. The molecular weight excluding hydrogens is 350 g/mol. The Kier molecular flexibility index (Phi) is 8.47. The first-order chi connectivity index (χ1) is 12.6. The van der Waals surface area contributed by atoms with Crippen LogP contribution in [0.4, 0.5) is 0 Å². The van der Waals surface area contributed by atoms with E-state index in [9.17, 15) is 9.00 Å². The van der Waals surface area contributed by atoms with Crippen molar-refractivity contribution in [2.24, 2.45) is 0 Å². The second kappa shape index (κ2) is 10.9. The lowest BCUT2D eigenvalue weighted by atomic mass is 10.1. The third-order valence-electron chi connectivity index (χ3n) is 3.87. The van der Waals surface area contributed by atoms with E-state index in [1.165, 1.54) is 7.11 Å². The molecule has 0 fully saturated rings. The van der Waals surface area contributed by atoms with Crippen LogP contribution in [0.2, 0.25) is 0 Å². The minimum atomic E-state index is -1.39. The molecule has 0 amide bonds. The second-order valence-electron chi connectivity index (χ2n) is 6.00. The van der Waals surface area contributed by atoms with Crippen molar-refractivity contribution in [1.82, 2.24) is 4.72 Å². The van der Waals surface area contributed by atoms with Crippen LogP contribution in [0.15, 0.2) is 59.5 Å². The van der Waals surface area contributed by atoms with Gasteiger partial charge < -0.3 is 9.47 Å². The molecule has 6 heteroatoms. The molecule has 0 aromatic heterocycles. The highest BCUT2D eigenvalue weighted by molar-refractivity contribution is 7.83. The number of rotatable bonds is 10. The molecule has 2 aromatic rings. The zero-order valence-corrected chi connectivity index (χ0v) is 16.0. The Morgan fingerprint density at radius 1 is 1.12 bits per heavy atom. The first kappa shape index (κ1) is 20.3. The maximum Gasteiger partial charge on any atom is 0.307 e. The molecule has 2 aromatic carbocycles. The van der Waals surface area contributed by atoms with E-state index in [1.54, 1.807) is 0 Å². The van der Waals surface area contributed by atoms with Crippen LogP contribution < -0.4 is 4.72 Å². The standard InChI is InChI=1S/C20H25NO4S/c1-16-8-10-19(11-9-16)26(23)21-18(14-20(22)24-2)12-13-25-15-17-6-4-3-5-7-17/h3-11,18,21H,12-15H2,1-2H3/t18-,26-/m0/s1. The number of hydrogen-bond acceptors (Lipinski definition) is 4. The van der Waals surface area contributed by atoms with Gasteiger partial charge in [0.25, 0.3) is 0 Å². The van der Waals surface area contributed by atoms with Gasteiger partial charge in [-0.2, -0.15) is 0 Å². The first-order valence-electron chi connectivity index (χ1n) is 8.51. The van der Waals surface area contributed by atoms with Gasteiger partial charge in [0.1, 0.15) is 11.0 Å². The summed E-state index contributed by atoms with van der Waals surface area (Å²) in [5.74, 6) is -0.341. The van der Waals surface area contributed by atoms with Gasteiger partial charge in [-0.05, 0) is 31.0 Å². The monoisotopic (exact) mass is 375 g/mol. The Bertz CT molecular complexity index is 704. The molecule has 140 valence electrons. The molecule has 0 aliphatic rings. The quantitative estimate of drug-likeness (QED) is 0.512. The fourth-order valence-electron chi connectivity index (χ4n) is 2.36. The molecule has 0 radical (unpaired) electrons. The zero-order valence-electron chi connectivity index (χ0n) is 15.1. The summed E-state index contributed by atoms with van der Waals surface area (Å²) >= 11 is 0. The number of nitrogens with one attached hydrogen (secondary N) is 1. The topological polar surface area (TPSA) is 64.6 Å². The largest absolute Gasteiger partial charge is 0.469 e. The predicted octanol–water partition coefficient (Wildman–Crippen LogP) is 3.15. The third kappa shape index (κ3) is 7.07. The van der Waals surface area contributed by atoms with E-state index >= 15 is 0 Å². The van der Waals surface area contributed by atoms with Crippen LogP contribution in [0.25, 0.3) is 0 Å². The van der Waals surface area contributed by atoms with Crippen molar-refractivity contribution in [2.75, 3.05) is 13.7 Å². The van der Waals surface area contributed by atoms with Crippen molar-refractivity contribution >= 4 is 17.0 Å². The third-order valence-corrected chi connectivity index (χ3v) is 5.12. The van der Waals surface area contributed by atoms with E-state index in [-0.39, 0.29) is 18.4 Å². The molecule has 0 saturated heterocycles. The number of aryl methyl sites for hydroxylation is 1. The summed E-state index contributed by atoms with van der Waals surface area (Å²) in [6.07, 6.45) is 0.697. The van der Waals surface area contributed by atoms with Crippen LogP contribution in [-0.2, 0) is 31.9 Å². The highest BCUT2D eigenvalue weighted by Crippen LogP contribution is 2.10. The van der Waals surface area contributed by atoms with E-state index in [0.29, 0.717) is 24.5 Å². The molecule has 2 atom stereocenters. The Morgan fingerprint density at radius 3 is 2.46 bits per heavy atom. The van der Waals surface area contributed by atoms with E-state index in [4.69, 9.17) is 9.47 Å². The lowest BCUT2D eigenvalue weighted by molar-refractivity contribution is -0.141. The average Bonchev–Trinajstić information content (AvgIpc) is 2.66. The van der Waals surface area contributed by atoms with E-state index in [0.717, 1.165) is 11.1 Å². The van der Waals surface area contributed by atoms with Crippen LogP contribution in [-0.4, -0.2) is 29.9 Å². The fourth-order valence-corrected chi connectivity index (χ4v) is 3.38. The van der Waals surface area contributed by atoms with Crippen LogP contribution in [0.5, 0.6) is 0 Å². The number of hydrogen-bond donors (Lipinski definition) is 1. The molecule has 26 heavy (non-hydrogen) atoms. The number of carbonyl (C=O) groups is 1. The number of esters is 1. The predicted molar refractivity (Wildman–Crippen MR) is 102 cm³/mol. The lowest BCUT2D eigenvalue weighted by Gasteiger charge is -2.17. The zero-order chi connectivity index (χ0) is 18.8. The van der Waals surface area contributed by atoms with Gasteiger partial charge in [-0.1, -0.05) is 48.0 Å². The molecular formula is C20H25NO4S. The van der Waals surface area contributed by atoms with Gasteiger partial charge in [-0.3, -0.25) is 4.79 Å². The highest BCUT2D eigenvalue weighted by atomic mass is 32.2. The van der Waals surface area contributed by atoms with E-state index < -0.39 is 11.0 Å². The van der Waals surface area contributed by atoms with Crippen LogP contribution in [0.3, 0.4) is 0 Å². The van der Waals surface area contributed by atoms with Gasteiger partial charge in [0.05, 0.1) is 25.0 Å². The van der Waals surface area contributed by atoms with Crippen LogP contribution >= 0.6 is 0 Å². The summed E-state index contributed by atoms with van der Waals surface area (Å²) in [5.41, 5.74) is 2.19. The van der Waals surface area contributed by atoms with Crippen LogP contribution in [0.1, 0.15) is 24.0 Å². The van der Waals surface area contributed by atoms with Crippen molar-refractivity contribution in [2.45, 2.75) is 37.3 Å². The molecule has 0 bridgehead atoms. The molecule has 0 unspecified atom stereocenters. The molecule has 0 spiro atoms.